The Balaban J connectivity index is 2.07. The summed E-state index contributed by atoms with van der Waals surface area (Å²) in [5, 5.41) is 2.72. The van der Waals surface area contributed by atoms with Gasteiger partial charge in [0.1, 0.15) is 5.54 Å². The van der Waals surface area contributed by atoms with Crippen LogP contribution < -0.4 is 11.1 Å². The number of carbonyl (C=O) groups excluding carboxylic acids is 2. The number of carbonyl (C=O) groups is 2. The highest BCUT2D eigenvalue weighted by atomic mass is 19.2. The molecule has 0 aliphatic heterocycles. The summed E-state index contributed by atoms with van der Waals surface area (Å²) in [7, 11) is 0. The molecule has 6 heteroatoms. The van der Waals surface area contributed by atoms with Gasteiger partial charge in [0.15, 0.2) is 11.6 Å². The van der Waals surface area contributed by atoms with Crippen molar-refractivity contribution in [2.75, 3.05) is 0 Å². The summed E-state index contributed by atoms with van der Waals surface area (Å²) in [4.78, 5) is 24.0. The fraction of sp³-hybridized carbons (Fsp3) is 0.500. The summed E-state index contributed by atoms with van der Waals surface area (Å²) in [5.74, 6) is -2.90. The Hall–Kier alpha value is -1.98. The van der Waals surface area contributed by atoms with Crippen molar-refractivity contribution in [3.05, 3.63) is 35.4 Å². The van der Waals surface area contributed by atoms with Gasteiger partial charge in [0.25, 0.3) is 0 Å². The Labute approximate surface area is 128 Å². The van der Waals surface area contributed by atoms with Crippen LogP contribution in [0.1, 0.15) is 44.1 Å². The van der Waals surface area contributed by atoms with Crippen molar-refractivity contribution in [1.29, 1.82) is 0 Å². The predicted molar refractivity (Wildman–Crippen MR) is 77.8 cm³/mol. The van der Waals surface area contributed by atoms with Crippen molar-refractivity contribution in [3.63, 3.8) is 0 Å². The van der Waals surface area contributed by atoms with Gasteiger partial charge in [-0.15, -0.1) is 0 Å². The van der Waals surface area contributed by atoms with E-state index in [1.165, 1.54) is 6.07 Å². The summed E-state index contributed by atoms with van der Waals surface area (Å²) in [6.07, 6.45) is 4.59. The Morgan fingerprint density at radius 3 is 2.27 bits per heavy atom. The predicted octanol–water partition coefficient (Wildman–Crippen LogP) is 2.20. The third kappa shape index (κ3) is 3.81. The van der Waals surface area contributed by atoms with Crippen LogP contribution in [0.5, 0.6) is 0 Å². The van der Waals surface area contributed by atoms with E-state index in [1.54, 1.807) is 0 Å². The average Bonchev–Trinajstić information content (AvgIpc) is 2.69. The van der Waals surface area contributed by atoms with Gasteiger partial charge < -0.3 is 11.1 Å². The number of hydrogen-bond donors (Lipinski definition) is 2. The molecule has 0 atom stereocenters. The van der Waals surface area contributed by atoms with Crippen molar-refractivity contribution < 1.29 is 18.4 Å². The molecule has 1 aromatic rings. The summed E-state index contributed by atoms with van der Waals surface area (Å²) >= 11 is 0. The molecule has 4 nitrogen and oxygen atoms in total. The van der Waals surface area contributed by atoms with Crippen molar-refractivity contribution in [2.24, 2.45) is 5.73 Å². The van der Waals surface area contributed by atoms with E-state index in [0.29, 0.717) is 18.4 Å². The molecule has 2 amide bonds. The Morgan fingerprint density at radius 2 is 1.73 bits per heavy atom. The van der Waals surface area contributed by atoms with Gasteiger partial charge in [0.05, 0.1) is 6.42 Å². The van der Waals surface area contributed by atoms with Crippen LogP contribution in [0.15, 0.2) is 18.2 Å². The highest BCUT2D eigenvalue weighted by Crippen LogP contribution is 2.27. The second-order valence-corrected chi connectivity index (χ2v) is 5.83. The molecule has 0 heterocycles. The summed E-state index contributed by atoms with van der Waals surface area (Å²) in [6, 6.07) is 3.31. The maximum atomic E-state index is 13.2. The Bertz CT molecular complexity index is 567. The SMILES string of the molecule is NC(=O)C1(NC(=O)Cc2ccc(F)c(F)c2)CCCCCC1. The first-order valence-electron chi connectivity index (χ1n) is 7.48. The largest absolute Gasteiger partial charge is 0.368 e. The number of nitrogens with one attached hydrogen (secondary N) is 1. The summed E-state index contributed by atoms with van der Waals surface area (Å²) < 4.78 is 26.0. The highest BCUT2D eigenvalue weighted by molar-refractivity contribution is 5.91. The lowest BCUT2D eigenvalue weighted by Gasteiger charge is -2.30. The highest BCUT2D eigenvalue weighted by Gasteiger charge is 2.38. The van der Waals surface area contributed by atoms with Gasteiger partial charge >= 0.3 is 0 Å². The molecule has 22 heavy (non-hydrogen) atoms. The van der Waals surface area contributed by atoms with Crippen molar-refractivity contribution >= 4 is 11.8 Å². The molecule has 0 unspecified atom stereocenters. The first-order chi connectivity index (χ1) is 10.4. The van der Waals surface area contributed by atoms with Gasteiger partial charge in [0, 0.05) is 0 Å². The zero-order valence-electron chi connectivity index (χ0n) is 12.3. The van der Waals surface area contributed by atoms with Crippen molar-refractivity contribution in [3.8, 4) is 0 Å². The molecule has 2 rings (SSSR count). The molecule has 0 radical (unpaired) electrons. The zero-order chi connectivity index (χ0) is 16.2. The van der Waals surface area contributed by atoms with E-state index in [4.69, 9.17) is 5.73 Å². The number of primary amides is 1. The summed E-state index contributed by atoms with van der Waals surface area (Å²) in [5.41, 5.74) is 4.82. The Morgan fingerprint density at radius 1 is 1.09 bits per heavy atom. The topological polar surface area (TPSA) is 72.2 Å². The van der Waals surface area contributed by atoms with Crippen LogP contribution in [0.4, 0.5) is 8.78 Å². The van der Waals surface area contributed by atoms with Gasteiger partial charge in [-0.3, -0.25) is 9.59 Å². The second kappa shape index (κ2) is 6.85. The number of nitrogens with two attached hydrogens (primary N) is 1. The third-order valence-electron chi connectivity index (χ3n) is 4.16. The van der Waals surface area contributed by atoms with Gasteiger partial charge in [-0.05, 0) is 30.5 Å². The fourth-order valence-corrected chi connectivity index (χ4v) is 2.91. The van der Waals surface area contributed by atoms with Gasteiger partial charge in [-0.25, -0.2) is 8.78 Å². The fourth-order valence-electron chi connectivity index (χ4n) is 2.91. The molecule has 1 saturated carbocycles. The molecule has 1 aromatic carbocycles. The molecule has 0 saturated heterocycles. The first-order valence-corrected chi connectivity index (χ1v) is 7.48. The van der Waals surface area contributed by atoms with Crippen LogP contribution in [0.2, 0.25) is 0 Å². The second-order valence-electron chi connectivity index (χ2n) is 5.83. The van der Waals surface area contributed by atoms with Gasteiger partial charge in [0.2, 0.25) is 11.8 Å². The monoisotopic (exact) mass is 310 g/mol. The van der Waals surface area contributed by atoms with E-state index < -0.39 is 29.0 Å². The molecule has 0 bridgehead atoms. The molecule has 1 aliphatic carbocycles. The molecule has 0 aromatic heterocycles. The third-order valence-corrected chi connectivity index (χ3v) is 4.16. The standard InChI is InChI=1S/C16H20F2N2O2/c17-12-6-5-11(9-13(12)18)10-14(21)20-16(15(19)22)7-3-1-2-4-8-16/h5-6,9H,1-4,7-8,10H2,(H2,19,22)(H,20,21). The van der Waals surface area contributed by atoms with Gasteiger partial charge in [-0.1, -0.05) is 31.7 Å². The van der Waals surface area contributed by atoms with Crippen LogP contribution in [-0.2, 0) is 16.0 Å². The quantitative estimate of drug-likeness (QED) is 0.837. The van der Waals surface area contributed by atoms with Crippen LogP contribution in [0, 0.1) is 11.6 Å². The number of hydrogen-bond acceptors (Lipinski definition) is 2. The summed E-state index contributed by atoms with van der Waals surface area (Å²) in [6.45, 7) is 0. The van der Waals surface area contributed by atoms with E-state index in [0.717, 1.165) is 37.8 Å². The van der Waals surface area contributed by atoms with Gasteiger partial charge in [-0.2, -0.15) is 0 Å². The van der Waals surface area contributed by atoms with E-state index in [1.807, 2.05) is 0 Å². The van der Waals surface area contributed by atoms with E-state index in [9.17, 15) is 18.4 Å². The van der Waals surface area contributed by atoms with Crippen LogP contribution in [0.3, 0.4) is 0 Å². The molecular weight excluding hydrogens is 290 g/mol. The molecular formula is C16H20F2N2O2. The van der Waals surface area contributed by atoms with Crippen LogP contribution >= 0.6 is 0 Å². The number of benzene rings is 1. The lowest BCUT2D eigenvalue weighted by Crippen LogP contribution is -2.57. The smallest absolute Gasteiger partial charge is 0.243 e. The number of amides is 2. The first kappa shape index (κ1) is 16.4. The van der Waals surface area contributed by atoms with Crippen LogP contribution in [-0.4, -0.2) is 17.4 Å². The molecule has 0 spiro atoms. The maximum Gasteiger partial charge on any atom is 0.243 e. The van der Waals surface area contributed by atoms with E-state index in [-0.39, 0.29) is 6.42 Å². The molecule has 120 valence electrons. The minimum absolute atomic E-state index is 0.119. The molecule has 3 N–H and O–H groups in total. The Kier molecular flexibility index (Phi) is 5.11. The normalized spacial score (nSPS) is 17.5. The number of rotatable bonds is 4. The molecule has 1 fully saturated rings. The minimum Gasteiger partial charge on any atom is -0.368 e. The minimum atomic E-state index is -1.02. The van der Waals surface area contributed by atoms with E-state index in [2.05, 4.69) is 5.32 Å². The van der Waals surface area contributed by atoms with E-state index >= 15 is 0 Å². The lowest BCUT2D eigenvalue weighted by molar-refractivity contribution is -0.131. The maximum absolute atomic E-state index is 13.2. The average molecular weight is 310 g/mol. The lowest BCUT2D eigenvalue weighted by atomic mass is 9.89. The molecule has 1 aliphatic rings. The van der Waals surface area contributed by atoms with Crippen LogP contribution in [0.25, 0.3) is 0 Å². The van der Waals surface area contributed by atoms with Crippen molar-refractivity contribution in [2.45, 2.75) is 50.5 Å². The zero-order valence-corrected chi connectivity index (χ0v) is 12.3. The number of halogens is 2. The van der Waals surface area contributed by atoms with Crippen molar-refractivity contribution in [1.82, 2.24) is 5.32 Å².